The minimum absolute atomic E-state index is 0.0413. The van der Waals surface area contributed by atoms with Crippen molar-refractivity contribution in [2.45, 2.75) is 31.8 Å². The lowest BCUT2D eigenvalue weighted by Crippen LogP contribution is -2.41. The van der Waals surface area contributed by atoms with Crippen LogP contribution in [0.2, 0.25) is 0 Å². The highest BCUT2D eigenvalue weighted by Gasteiger charge is 2.31. The summed E-state index contributed by atoms with van der Waals surface area (Å²) in [6, 6.07) is 6.28. The number of hydrogen-bond donors (Lipinski definition) is 2. The Labute approximate surface area is 223 Å². The van der Waals surface area contributed by atoms with Crippen LogP contribution in [0.4, 0.5) is 17.6 Å². The summed E-state index contributed by atoms with van der Waals surface area (Å²) in [4.78, 5) is 17.5. The maximum Gasteiger partial charge on any atom is 0.303 e. The molecule has 3 aromatic rings. The number of likely N-dealkylation sites (tertiary alicyclic amines) is 1. The maximum absolute atomic E-state index is 14.8. The smallest absolute Gasteiger partial charge is 0.303 e. The molecule has 0 amide bonds. The Morgan fingerprint density at radius 3 is 2.72 bits per heavy atom. The molecule has 1 aliphatic rings. The van der Waals surface area contributed by atoms with Crippen LogP contribution in [0.25, 0.3) is 10.9 Å². The molecular formula is C29H28F4N2O4. The first-order chi connectivity index (χ1) is 18.7. The van der Waals surface area contributed by atoms with E-state index in [2.05, 4.69) is 16.8 Å². The Bertz CT molecular complexity index is 1420. The van der Waals surface area contributed by atoms with E-state index in [9.17, 15) is 32.6 Å². The fourth-order valence-corrected chi connectivity index (χ4v) is 5.18. The number of aliphatic hydroxyl groups excluding tert-OH is 1. The van der Waals surface area contributed by atoms with E-state index in [1.807, 2.05) is 4.90 Å². The van der Waals surface area contributed by atoms with Gasteiger partial charge >= 0.3 is 5.97 Å². The van der Waals surface area contributed by atoms with E-state index < -0.39 is 35.3 Å². The number of aliphatic hydroxyl groups is 1. The van der Waals surface area contributed by atoms with Crippen LogP contribution in [0.3, 0.4) is 0 Å². The van der Waals surface area contributed by atoms with Crippen molar-refractivity contribution in [2.24, 2.45) is 11.8 Å². The van der Waals surface area contributed by atoms with Gasteiger partial charge in [-0.1, -0.05) is 11.8 Å². The second-order valence-corrected chi connectivity index (χ2v) is 9.69. The zero-order chi connectivity index (χ0) is 28.1. The van der Waals surface area contributed by atoms with Crippen LogP contribution < -0.4 is 4.74 Å². The number of carboxylic acid groups (broad SMARTS) is 1. The minimum Gasteiger partial charge on any atom is -0.497 e. The fourth-order valence-electron chi connectivity index (χ4n) is 5.18. The lowest BCUT2D eigenvalue weighted by atomic mass is 9.79. The lowest BCUT2D eigenvalue weighted by Gasteiger charge is -2.37. The standard InChI is InChI=1S/C29H28F4N2O4/c1-39-21-5-6-25-22(14-21)28(24(32)15-34-25)26(36)7-4-17-8-10-35(16-19(17)12-27(37)38)9-2-3-18-11-20(30)13-23(31)29(18)33/h5-6,11,13-15,17,19,26,36H,4,7-10,12,16H2,1H3,(H,37,38)/t17?,19?,26-/m1/s1. The number of methoxy groups -OCH3 is 1. The summed E-state index contributed by atoms with van der Waals surface area (Å²) in [6.45, 7) is 1.12. The Morgan fingerprint density at radius 1 is 1.18 bits per heavy atom. The summed E-state index contributed by atoms with van der Waals surface area (Å²) < 4.78 is 60.6. The number of benzene rings is 2. The van der Waals surface area contributed by atoms with Crippen molar-refractivity contribution in [1.29, 1.82) is 0 Å². The molecule has 2 N–H and O–H groups in total. The molecule has 2 unspecified atom stereocenters. The van der Waals surface area contributed by atoms with Crippen molar-refractivity contribution >= 4 is 16.9 Å². The highest BCUT2D eigenvalue weighted by atomic mass is 19.2. The molecule has 0 aliphatic carbocycles. The van der Waals surface area contributed by atoms with E-state index in [4.69, 9.17) is 4.74 Å². The average molecular weight is 545 g/mol. The van der Waals surface area contributed by atoms with Gasteiger partial charge in [0.1, 0.15) is 17.4 Å². The van der Waals surface area contributed by atoms with Gasteiger partial charge in [-0.05, 0) is 61.9 Å². The predicted molar refractivity (Wildman–Crippen MR) is 136 cm³/mol. The number of pyridine rings is 1. The van der Waals surface area contributed by atoms with Gasteiger partial charge in [-0.15, -0.1) is 0 Å². The molecule has 3 atom stereocenters. The molecule has 2 aromatic carbocycles. The molecule has 0 saturated carbocycles. The summed E-state index contributed by atoms with van der Waals surface area (Å²) in [5, 5.41) is 20.9. The number of carbonyl (C=O) groups is 1. The van der Waals surface area contributed by atoms with Crippen LogP contribution in [0.15, 0.2) is 36.5 Å². The molecule has 10 heteroatoms. The number of nitrogens with zero attached hydrogens (tertiary/aromatic N) is 2. The monoisotopic (exact) mass is 544 g/mol. The van der Waals surface area contributed by atoms with Gasteiger partial charge in [-0.3, -0.25) is 14.7 Å². The first-order valence-electron chi connectivity index (χ1n) is 12.5. The first kappa shape index (κ1) is 28.3. The summed E-state index contributed by atoms with van der Waals surface area (Å²) in [5.74, 6) is 0.312. The number of rotatable bonds is 8. The van der Waals surface area contributed by atoms with E-state index >= 15 is 0 Å². The van der Waals surface area contributed by atoms with Gasteiger partial charge in [0.25, 0.3) is 0 Å². The molecule has 0 radical (unpaired) electrons. The Hall–Kier alpha value is -3.68. The van der Waals surface area contributed by atoms with Gasteiger partial charge in [0, 0.05) is 30.0 Å². The van der Waals surface area contributed by atoms with E-state index in [-0.39, 0.29) is 42.3 Å². The number of aliphatic carboxylic acids is 1. The molecule has 0 spiro atoms. The molecule has 6 nitrogen and oxygen atoms in total. The van der Waals surface area contributed by atoms with Crippen LogP contribution in [-0.4, -0.2) is 52.8 Å². The Morgan fingerprint density at radius 2 is 1.97 bits per heavy atom. The topological polar surface area (TPSA) is 82.9 Å². The zero-order valence-corrected chi connectivity index (χ0v) is 21.3. The molecule has 39 heavy (non-hydrogen) atoms. The van der Waals surface area contributed by atoms with Crippen LogP contribution in [-0.2, 0) is 4.79 Å². The Balaban J connectivity index is 1.43. The second-order valence-electron chi connectivity index (χ2n) is 9.69. The van der Waals surface area contributed by atoms with Crippen molar-refractivity contribution in [3.63, 3.8) is 0 Å². The summed E-state index contributed by atoms with van der Waals surface area (Å²) >= 11 is 0. The number of piperidine rings is 1. The number of aromatic nitrogens is 1. The number of hydrogen-bond acceptors (Lipinski definition) is 5. The highest BCUT2D eigenvalue weighted by Crippen LogP contribution is 2.35. The normalized spacial score (nSPS) is 18.4. The average Bonchev–Trinajstić information content (AvgIpc) is 2.90. The van der Waals surface area contributed by atoms with Crippen LogP contribution in [0, 0.1) is 46.9 Å². The van der Waals surface area contributed by atoms with E-state index in [0.717, 1.165) is 12.3 Å². The third kappa shape index (κ3) is 6.85. The highest BCUT2D eigenvalue weighted by molar-refractivity contribution is 5.84. The summed E-state index contributed by atoms with van der Waals surface area (Å²) in [7, 11) is 1.49. The molecule has 0 bridgehead atoms. The first-order valence-corrected chi connectivity index (χ1v) is 12.5. The molecule has 1 saturated heterocycles. The molecule has 1 aromatic heterocycles. The quantitative estimate of drug-likeness (QED) is 0.234. The maximum atomic E-state index is 14.8. The number of halogens is 4. The van der Waals surface area contributed by atoms with E-state index in [1.54, 1.807) is 18.2 Å². The fraction of sp³-hybridized carbons (Fsp3) is 0.379. The minimum atomic E-state index is -1.32. The van der Waals surface area contributed by atoms with E-state index in [0.29, 0.717) is 48.6 Å². The van der Waals surface area contributed by atoms with Crippen molar-refractivity contribution in [3.8, 4) is 17.6 Å². The van der Waals surface area contributed by atoms with Crippen LogP contribution in [0.1, 0.15) is 42.9 Å². The predicted octanol–water partition coefficient (Wildman–Crippen LogP) is 5.08. The molecule has 4 rings (SSSR count). The Kier molecular flexibility index (Phi) is 9.04. The van der Waals surface area contributed by atoms with Crippen molar-refractivity contribution in [1.82, 2.24) is 9.88 Å². The second kappa shape index (κ2) is 12.5. The van der Waals surface area contributed by atoms with Gasteiger partial charge in [0.05, 0.1) is 37.0 Å². The number of fused-ring (bicyclic) bond motifs is 1. The van der Waals surface area contributed by atoms with E-state index in [1.165, 1.54) is 7.11 Å². The zero-order valence-electron chi connectivity index (χ0n) is 21.3. The van der Waals surface area contributed by atoms with Gasteiger partial charge in [0.15, 0.2) is 11.6 Å². The van der Waals surface area contributed by atoms with Gasteiger partial charge in [-0.25, -0.2) is 17.6 Å². The SMILES string of the molecule is COc1ccc2ncc(F)c([C@H](O)CCC3CCN(CC#Cc4cc(F)cc(F)c4F)CC3CC(=O)O)c2c1. The lowest BCUT2D eigenvalue weighted by molar-refractivity contribution is -0.139. The van der Waals surface area contributed by atoms with Crippen molar-refractivity contribution < 1.29 is 37.3 Å². The summed E-state index contributed by atoms with van der Waals surface area (Å²) in [6.07, 6.45) is 1.15. The van der Waals surface area contributed by atoms with Gasteiger partial charge in [0.2, 0.25) is 0 Å². The van der Waals surface area contributed by atoms with Crippen molar-refractivity contribution in [3.05, 3.63) is 70.9 Å². The summed E-state index contributed by atoms with van der Waals surface area (Å²) in [5.41, 5.74) is 0.264. The number of carboxylic acids is 1. The molecule has 2 heterocycles. The van der Waals surface area contributed by atoms with Gasteiger partial charge in [-0.2, -0.15) is 0 Å². The van der Waals surface area contributed by atoms with Crippen LogP contribution >= 0.6 is 0 Å². The third-order valence-corrected chi connectivity index (χ3v) is 7.14. The molecule has 1 fully saturated rings. The van der Waals surface area contributed by atoms with Gasteiger partial charge < -0.3 is 14.9 Å². The largest absolute Gasteiger partial charge is 0.497 e. The third-order valence-electron chi connectivity index (χ3n) is 7.14. The van der Waals surface area contributed by atoms with Crippen LogP contribution in [0.5, 0.6) is 5.75 Å². The van der Waals surface area contributed by atoms with Crippen molar-refractivity contribution in [2.75, 3.05) is 26.7 Å². The molecular weight excluding hydrogens is 516 g/mol. The number of ether oxygens (including phenoxy) is 1. The molecule has 1 aliphatic heterocycles. The molecule has 206 valence electrons.